The SMILES string of the molecule is C[C@@H](c1ccccc1)[C@@H](CC(=O)Nc1ccc([N+](=O)[O-])cc1)C(=O)[O-]. The van der Waals surface area contributed by atoms with Crippen LogP contribution < -0.4 is 10.4 Å². The van der Waals surface area contributed by atoms with E-state index in [2.05, 4.69) is 5.32 Å². The van der Waals surface area contributed by atoms with Crippen molar-refractivity contribution in [3.8, 4) is 0 Å². The van der Waals surface area contributed by atoms with E-state index in [1.54, 1.807) is 31.2 Å². The van der Waals surface area contributed by atoms with Gasteiger partial charge >= 0.3 is 0 Å². The Morgan fingerprint density at radius 1 is 1.08 bits per heavy atom. The van der Waals surface area contributed by atoms with E-state index < -0.39 is 28.6 Å². The molecule has 0 bridgehead atoms. The van der Waals surface area contributed by atoms with E-state index in [1.807, 2.05) is 6.07 Å². The van der Waals surface area contributed by atoms with Gasteiger partial charge in [0.1, 0.15) is 0 Å². The van der Waals surface area contributed by atoms with Gasteiger partial charge in [-0.15, -0.1) is 0 Å². The lowest BCUT2D eigenvalue weighted by Gasteiger charge is -2.25. The predicted molar refractivity (Wildman–Crippen MR) is 89.7 cm³/mol. The van der Waals surface area contributed by atoms with Crippen molar-refractivity contribution in [2.24, 2.45) is 5.92 Å². The van der Waals surface area contributed by atoms with Crippen LogP contribution in [0.1, 0.15) is 24.8 Å². The van der Waals surface area contributed by atoms with Crippen molar-refractivity contribution in [2.75, 3.05) is 5.32 Å². The molecule has 0 saturated heterocycles. The first-order chi connectivity index (χ1) is 11.9. The minimum atomic E-state index is -1.30. The summed E-state index contributed by atoms with van der Waals surface area (Å²) in [6.45, 7) is 1.73. The number of nitrogens with one attached hydrogen (secondary N) is 1. The second kappa shape index (κ2) is 8.05. The molecule has 0 spiro atoms. The Morgan fingerprint density at radius 2 is 1.68 bits per heavy atom. The van der Waals surface area contributed by atoms with Gasteiger partial charge in [-0.2, -0.15) is 0 Å². The van der Waals surface area contributed by atoms with Crippen molar-refractivity contribution in [3.05, 3.63) is 70.3 Å². The highest BCUT2D eigenvalue weighted by atomic mass is 16.6. The van der Waals surface area contributed by atoms with Gasteiger partial charge in [0.2, 0.25) is 5.91 Å². The van der Waals surface area contributed by atoms with E-state index in [1.165, 1.54) is 24.3 Å². The molecule has 1 amide bonds. The number of anilines is 1. The molecule has 2 aromatic rings. The van der Waals surface area contributed by atoms with Gasteiger partial charge in [-0.25, -0.2) is 0 Å². The number of aliphatic carboxylic acids is 1. The number of carbonyl (C=O) groups excluding carboxylic acids is 2. The fraction of sp³-hybridized carbons (Fsp3) is 0.222. The standard InChI is InChI=1S/C18H18N2O5/c1-12(13-5-3-2-4-6-13)16(18(22)23)11-17(21)19-14-7-9-15(10-8-14)20(24)25/h2-10,12,16H,11H2,1H3,(H,19,21)(H,22,23)/p-1/t12-,16+/m0/s1. The van der Waals surface area contributed by atoms with Crippen molar-refractivity contribution < 1.29 is 19.6 Å². The molecule has 0 radical (unpaired) electrons. The van der Waals surface area contributed by atoms with Gasteiger partial charge in [-0.05, 0) is 23.6 Å². The van der Waals surface area contributed by atoms with Crippen LogP contribution in [0.5, 0.6) is 0 Å². The first-order valence-electron chi connectivity index (χ1n) is 7.68. The molecule has 1 N–H and O–H groups in total. The third-order valence-corrected chi connectivity index (χ3v) is 4.00. The smallest absolute Gasteiger partial charge is 0.269 e. The highest BCUT2D eigenvalue weighted by molar-refractivity contribution is 5.93. The van der Waals surface area contributed by atoms with Gasteiger partial charge in [0.05, 0.1) is 4.92 Å². The molecule has 7 heteroatoms. The van der Waals surface area contributed by atoms with Crippen LogP contribution in [0.15, 0.2) is 54.6 Å². The first kappa shape index (κ1) is 18.1. The van der Waals surface area contributed by atoms with E-state index in [0.717, 1.165) is 5.56 Å². The predicted octanol–water partition coefficient (Wildman–Crippen LogP) is 2.09. The molecule has 130 valence electrons. The average molecular weight is 341 g/mol. The molecule has 0 aliphatic carbocycles. The van der Waals surface area contributed by atoms with Crippen molar-refractivity contribution >= 4 is 23.3 Å². The number of hydrogen-bond acceptors (Lipinski definition) is 5. The molecule has 0 heterocycles. The second-order valence-electron chi connectivity index (χ2n) is 5.68. The minimum Gasteiger partial charge on any atom is -0.550 e. The normalized spacial score (nSPS) is 12.8. The number of hydrogen-bond donors (Lipinski definition) is 1. The summed E-state index contributed by atoms with van der Waals surface area (Å²) in [6, 6.07) is 14.3. The highest BCUT2D eigenvalue weighted by Gasteiger charge is 2.23. The summed E-state index contributed by atoms with van der Waals surface area (Å²) in [5.41, 5.74) is 1.07. The quantitative estimate of drug-likeness (QED) is 0.612. The Morgan fingerprint density at radius 3 is 2.20 bits per heavy atom. The van der Waals surface area contributed by atoms with Crippen molar-refractivity contribution in [1.82, 2.24) is 0 Å². The van der Waals surface area contributed by atoms with Crippen LogP contribution in [0.2, 0.25) is 0 Å². The maximum absolute atomic E-state index is 12.1. The highest BCUT2D eigenvalue weighted by Crippen LogP contribution is 2.27. The van der Waals surface area contributed by atoms with Crippen LogP contribution in [0.4, 0.5) is 11.4 Å². The summed E-state index contributed by atoms with van der Waals surface area (Å²) in [5.74, 6) is -3.17. The van der Waals surface area contributed by atoms with E-state index in [9.17, 15) is 24.8 Å². The lowest BCUT2D eigenvalue weighted by molar-refractivity contribution is -0.384. The van der Waals surface area contributed by atoms with Crippen molar-refractivity contribution in [1.29, 1.82) is 0 Å². The Balaban J connectivity index is 2.05. The maximum Gasteiger partial charge on any atom is 0.269 e. The topological polar surface area (TPSA) is 112 Å². The molecule has 7 nitrogen and oxygen atoms in total. The molecule has 0 aliphatic heterocycles. The lowest BCUT2D eigenvalue weighted by Crippen LogP contribution is -2.36. The Kier molecular flexibility index (Phi) is 5.84. The van der Waals surface area contributed by atoms with E-state index in [4.69, 9.17) is 0 Å². The second-order valence-corrected chi connectivity index (χ2v) is 5.68. The van der Waals surface area contributed by atoms with Crippen molar-refractivity contribution in [3.63, 3.8) is 0 Å². The van der Waals surface area contributed by atoms with Gasteiger partial charge < -0.3 is 15.2 Å². The summed E-state index contributed by atoms with van der Waals surface area (Å²) in [7, 11) is 0. The largest absolute Gasteiger partial charge is 0.550 e. The van der Waals surface area contributed by atoms with Crippen LogP contribution in [-0.2, 0) is 9.59 Å². The Hall–Kier alpha value is -3.22. The Labute approximate surface area is 144 Å². The number of carboxylic acid groups (broad SMARTS) is 1. The molecule has 2 aromatic carbocycles. The van der Waals surface area contributed by atoms with E-state index in [-0.39, 0.29) is 12.1 Å². The molecule has 0 saturated carbocycles. The maximum atomic E-state index is 12.1. The van der Waals surface area contributed by atoms with E-state index >= 15 is 0 Å². The molecule has 0 aromatic heterocycles. The summed E-state index contributed by atoms with van der Waals surface area (Å²) in [6.07, 6.45) is -0.255. The van der Waals surface area contributed by atoms with Crippen LogP contribution in [0.3, 0.4) is 0 Å². The average Bonchev–Trinajstić information content (AvgIpc) is 2.60. The molecule has 0 fully saturated rings. The third kappa shape index (κ3) is 4.87. The monoisotopic (exact) mass is 341 g/mol. The zero-order valence-electron chi connectivity index (χ0n) is 13.5. The summed E-state index contributed by atoms with van der Waals surface area (Å²) >= 11 is 0. The number of nitrogens with zero attached hydrogens (tertiary/aromatic N) is 1. The van der Waals surface area contributed by atoms with Crippen LogP contribution in [0.25, 0.3) is 0 Å². The summed E-state index contributed by atoms with van der Waals surface area (Å²) in [4.78, 5) is 33.7. The number of rotatable bonds is 7. The number of non-ortho nitro benzene ring substituents is 1. The zero-order chi connectivity index (χ0) is 18.4. The zero-order valence-corrected chi connectivity index (χ0v) is 13.5. The summed E-state index contributed by atoms with van der Waals surface area (Å²) < 4.78 is 0. The fourth-order valence-electron chi connectivity index (χ4n) is 2.53. The molecule has 2 atom stereocenters. The number of amides is 1. The fourth-order valence-corrected chi connectivity index (χ4v) is 2.53. The van der Waals surface area contributed by atoms with Crippen LogP contribution in [-0.4, -0.2) is 16.8 Å². The number of carbonyl (C=O) groups is 2. The van der Waals surface area contributed by atoms with Crippen LogP contribution >= 0.6 is 0 Å². The summed E-state index contributed by atoms with van der Waals surface area (Å²) in [5, 5.41) is 24.6. The molecule has 25 heavy (non-hydrogen) atoms. The Bertz CT molecular complexity index is 759. The third-order valence-electron chi connectivity index (χ3n) is 4.00. The first-order valence-corrected chi connectivity index (χ1v) is 7.68. The van der Waals surface area contributed by atoms with Gasteiger partial charge in [-0.3, -0.25) is 14.9 Å². The van der Waals surface area contributed by atoms with Gasteiger partial charge in [0, 0.05) is 36.1 Å². The molecule has 2 rings (SSSR count). The number of nitro groups is 1. The van der Waals surface area contributed by atoms with Crippen LogP contribution in [0, 0.1) is 16.0 Å². The molecular weight excluding hydrogens is 324 g/mol. The number of benzene rings is 2. The number of nitro benzene ring substituents is 1. The molecule has 0 unspecified atom stereocenters. The van der Waals surface area contributed by atoms with Gasteiger partial charge in [0.15, 0.2) is 0 Å². The van der Waals surface area contributed by atoms with Crippen molar-refractivity contribution in [2.45, 2.75) is 19.3 Å². The van der Waals surface area contributed by atoms with Gasteiger partial charge in [0.25, 0.3) is 5.69 Å². The number of carboxylic acids is 1. The molecular formula is C18H17N2O5-. The molecule has 0 aliphatic rings. The lowest BCUT2D eigenvalue weighted by atomic mass is 9.85. The van der Waals surface area contributed by atoms with E-state index in [0.29, 0.717) is 5.69 Å². The van der Waals surface area contributed by atoms with Gasteiger partial charge in [-0.1, -0.05) is 37.3 Å². The minimum absolute atomic E-state index is 0.0942.